The molecule has 0 saturated carbocycles. The van der Waals surface area contributed by atoms with Gasteiger partial charge in [-0.05, 0) is 62.4 Å². The molecule has 0 saturated heterocycles. The van der Waals surface area contributed by atoms with Crippen LogP contribution < -0.4 is 14.2 Å². The molecule has 27 heavy (non-hydrogen) atoms. The lowest BCUT2D eigenvalue weighted by Gasteiger charge is -2.14. The van der Waals surface area contributed by atoms with E-state index in [9.17, 15) is 8.42 Å². The van der Waals surface area contributed by atoms with Crippen LogP contribution in [0.2, 0.25) is 0 Å². The Labute approximate surface area is 159 Å². The molecule has 2 aromatic carbocycles. The highest BCUT2D eigenvalue weighted by Crippen LogP contribution is 2.31. The molecular weight excluding hydrogens is 364 g/mol. The molecule has 0 aliphatic carbocycles. The van der Waals surface area contributed by atoms with Gasteiger partial charge in [0, 0.05) is 23.1 Å². The molecule has 0 amide bonds. The van der Waals surface area contributed by atoms with E-state index >= 15 is 0 Å². The quantitative estimate of drug-likeness (QED) is 0.697. The van der Waals surface area contributed by atoms with Gasteiger partial charge in [-0.1, -0.05) is 0 Å². The van der Waals surface area contributed by atoms with E-state index in [0.717, 1.165) is 17.1 Å². The first-order valence-corrected chi connectivity index (χ1v) is 9.84. The number of benzene rings is 2. The number of hydrogen-bond donors (Lipinski definition) is 1. The lowest BCUT2D eigenvalue weighted by Crippen LogP contribution is -2.14. The summed E-state index contributed by atoms with van der Waals surface area (Å²) in [5, 5.41) is 0. The summed E-state index contributed by atoms with van der Waals surface area (Å²) < 4.78 is 40.6. The minimum absolute atomic E-state index is 0.165. The Morgan fingerprint density at radius 2 is 1.48 bits per heavy atom. The van der Waals surface area contributed by atoms with Gasteiger partial charge in [0.15, 0.2) is 0 Å². The lowest BCUT2D eigenvalue weighted by atomic mass is 10.3. The van der Waals surface area contributed by atoms with E-state index in [0.29, 0.717) is 17.2 Å². The Hall–Kier alpha value is -2.93. The molecule has 6 nitrogen and oxygen atoms in total. The van der Waals surface area contributed by atoms with Crippen LogP contribution in [0, 0.1) is 13.8 Å². The molecule has 0 aliphatic rings. The number of methoxy groups -OCH3 is 2. The molecular formula is C20H22N2O4S. The van der Waals surface area contributed by atoms with E-state index < -0.39 is 10.0 Å². The minimum Gasteiger partial charge on any atom is -0.497 e. The van der Waals surface area contributed by atoms with Crippen LogP contribution in [0.25, 0.3) is 5.69 Å². The maximum absolute atomic E-state index is 12.8. The van der Waals surface area contributed by atoms with Crippen molar-refractivity contribution < 1.29 is 17.9 Å². The molecule has 3 rings (SSSR count). The molecule has 0 aliphatic heterocycles. The van der Waals surface area contributed by atoms with E-state index in [-0.39, 0.29) is 4.90 Å². The van der Waals surface area contributed by atoms with Gasteiger partial charge in [-0.2, -0.15) is 0 Å². The molecule has 3 aromatic rings. The second kappa shape index (κ2) is 7.36. The number of nitrogens with zero attached hydrogens (tertiary/aromatic N) is 1. The standard InChI is InChI=1S/C20H22N2O4S/c1-14-5-6-15(2)22(14)16-7-10-18(11-8-16)27(23,24)21-19-13-17(25-3)9-12-20(19)26-4/h5-13,21H,1-4H3. The Balaban J connectivity index is 1.92. The molecule has 1 heterocycles. The average molecular weight is 386 g/mol. The van der Waals surface area contributed by atoms with Crippen molar-refractivity contribution in [2.75, 3.05) is 18.9 Å². The van der Waals surface area contributed by atoms with Crippen LogP contribution in [0.1, 0.15) is 11.4 Å². The van der Waals surface area contributed by atoms with Crippen LogP contribution in [0.5, 0.6) is 11.5 Å². The zero-order chi connectivity index (χ0) is 19.6. The second-order valence-electron chi connectivity index (χ2n) is 6.12. The van der Waals surface area contributed by atoms with Crippen molar-refractivity contribution in [3.05, 3.63) is 66.0 Å². The number of rotatable bonds is 6. The Kier molecular flexibility index (Phi) is 5.14. The van der Waals surface area contributed by atoms with Crippen LogP contribution in [0.4, 0.5) is 5.69 Å². The summed E-state index contributed by atoms with van der Waals surface area (Å²) >= 11 is 0. The molecule has 142 valence electrons. The zero-order valence-electron chi connectivity index (χ0n) is 15.7. The number of nitrogens with one attached hydrogen (secondary N) is 1. The second-order valence-corrected chi connectivity index (χ2v) is 7.80. The first-order valence-electron chi connectivity index (χ1n) is 8.36. The third kappa shape index (κ3) is 3.78. The predicted octanol–water partition coefficient (Wildman–Crippen LogP) is 3.91. The highest BCUT2D eigenvalue weighted by molar-refractivity contribution is 7.92. The van der Waals surface area contributed by atoms with Crippen LogP contribution in [-0.4, -0.2) is 27.2 Å². The number of aryl methyl sites for hydroxylation is 2. The Morgan fingerprint density at radius 1 is 0.852 bits per heavy atom. The predicted molar refractivity (Wildman–Crippen MR) is 106 cm³/mol. The maximum Gasteiger partial charge on any atom is 0.262 e. The van der Waals surface area contributed by atoms with Gasteiger partial charge in [-0.15, -0.1) is 0 Å². The summed E-state index contributed by atoms with van der Waals surface area (Å²) in [4.78, 5) is 0.165. The van der Waals surface area contributed by atoms with Crippen LogP contribution in [-0.2, 0) is 10.0 Å². The Bertz CT molecular complexity index is 1030. The van der Waals surface area contributed by atoms with Crippen molar-refractivity contribution in [1.82, 2.24) is 4.57 Å². The van der Waals surface area contributed by atoms with Crippen molar-refractivity contribution >= 4 is 15.7 Å². The summed E-state index contributed by atoms with van der Waals surface area (Å²) in [5.41, 5.74) is 3.40. The summed E-state index contributed by atoms with van der Waals surface area (Å²) in [6.45, 7) is 4.02. The SMILES string of the molecule is COc1ccc(OC)c(NS(=O)(=O)c2ccc(-n3c(C)ccc3C)cc2)c1. The maximum atomic E-state index is 12.8. The highest BCUT2D eigenvalue weighted by Gasteiger charge is 2.17. The average Bonchev–Trinajstić information content (AvgIpc) is 2.99. The fourth-order valence-electron chi connectivity index (χ4n) is 2.95. The number of sulfonamides is 1. The van der Waals surface area contributed by atoms with Crippen molar-refractivity contribution in [1.29, 1.82) is 0 Å². The number of ether oxygens (including phenoxy) is 2. The highest BCUT2D eigenvalue weighted by atomic mass is 32.2. The first kappa shape index (κ1) is 18.8. The smallest absolute Gasteiger partial charge is 0.262 e. The largest absolute Gasteiger partial charge is 0.497 e. The van der Waals surface area contributed by atoms with Gasteiger partial charge in [0.2, 0.25) is 0 Å². The first-order chi connectivity index (χ1) is 12.9. The van der Waals surface area contributed by atoms with Gasteiger partial charge >= 0.3 is 0 Å². The van der Waals surface area contributed by atoms with Crippen LogP contribution >= 0.6 is 0 Å². The molecule has 0 atom stereocenters. The zero-order valence-corrected chi connectivity index (χ0v) is 16.5. The summed E-state index contributed by atoms with van der Waals surface area (Å²) in [5.74, 6) is 0.942. The van der Waals surface area contributed by atoms with Crippen molar-refractivity contribution in [3.63, 3.8) is 0 Å². The molecule has 1 aromatic heterocycles. The molecule has 0 fully saturated rings. The molecule has 0 spiro atoms. The topological polar surface area (TPSA) is 69.6 Å². The van der Waals surface area contributed by atoms with Crippen molar-refractivity contribution in [2.45, 2.75) is 18.7 Å². The van der Waals surface area contributed by atoms with Gasteiger partial charge in [0.1, 0.15) is 11.5 Å². The summed E-state index contributed by atoms with van der Waals surface area (Å²) in [7, 11) is -0.771. The van der Waals surface area contributed by atoms with Gasteiger partial charge in [0.05, 0.1) is 24.8 Å². The van der Waals surface area contributed by atoms with Crippen molar-refractivity contribution in [2.24, 2.45) is 0 Å². The Morgan fingerprint density at radius 3 is 2.04 bits per heavy atom. The van der Waals surface area contributed by atoms with E-state index in [1.54, 1.807) is 42.5 Å². The van der Waals surface area contributed by atoms with E-state index in [2.05, 4.69) is 9.29 Å². The van der Waals surface area contributed by atoms with Crippen LogP contribution in [0.15, 0.2) is 59.5 Å². The molecule has 0 unspecified atom stereocenters. The van der Waals surface area contributed by atoms with Crippen molar-refractivity contribution in [3.8, 4) is 17.2 Å². The van der Waals surface area contributed by atoms with E-state index in [1.807, 2.05) is 26.0 Å². The monoisotopic (exact) mass is 386 g/mol. The normalized spacial score (nSPS) is 11.3. The summed E-state index contributed by atoms with van der Waals surface area (Å²) in [6, 6.07) is 15.7. The number of anilines is 1. The third-order valence-corrected chi connectivity index (χ3v) is 5.71. The minimum atomic E-state index is -3.77. The number of hydrogen-bond acceptors (Lipinski definition) is 4. The third-order valence-electron chi connectivity index (χ3n) is 4.33. The fraction of sp³-hybridized carbons (Fsp3) is 0.200. The fourth-order valence-corrected chi connectivity index (χ4v) is 4.01. The van der Waals surface area contributed by atoms with Gasteiger partial charge in [-0.25, -0.2) is 8.42 Å². The van der Waals surface area contributed by atoms with E-state index in [4.69, 9.17) is 9.47 Å². The molecule has 1 N–H and O–H groups in total. The lowest BCUT2D eigenvalue weighted by molar-refractivity contribution is 0.405. The van der Waals surface area contributed by atoms with Gasteiger partial charge in [-0.3, -0.25) is 4.72 Å². The van der Waals surface area contributed by atoms with Gasteiger partial charge in [0.25, 0.3) is 10.0 Å². The number of aromatic nitrogens is 1. The van der Waals surface area contributed by atoms with Gasteiger partial charge < -0.3 is 14.0 Å². The molecule has 0 bridgehead atoms. The van der Waals surface area contributed by atoms with Crippen LogP contribution in [0.3, 0.4) is 0 Å². The summed E-state index contributed by atoms with van der Waals surface area (Å²) in [6.07, 6.45) is 0. The molecule has 0 radical (unpaired) electrons. The van der Waals surface area contributed by atoms with E-state index in [1.165, 1.54) is 14.2 Å². The molecule has 7 heteroatoms.